The first-order valence-corrected chi connectivity index (χ1v) is 4.82. The molecule has 0 fully saturated rings. The third-order valence-corrected chi connectivity index (χ3v) is 2.48. The molecule has 1 aliphatic rings. The highest BCUT2D eigenvalue weighted by Crippen LogP contribution is 2.33. The molecule has 0 spiro atoms. The fourth-order valence-electron chi connectivity index (χ4n) is 1.51. The Morgan fingerprint density at radius 3 is 2.94 bits per heavy atom. The maximum absolute atomic E-state index is 10.6. The zero-order chi connectivity index (χ0) is 11.8. The maximum atomic E-state index is 10.6. The number of rotatable bonds is 2. The second-order valence-corrected chi connectivity index (χ2v) is 3.89. The number of non-ortho nitro benzene ring substituents is 1. The second-order valence-electron chi connectivity index (χ2n) is 3.89. The van der Waals surface area contributed by atoms with Crippen LogP contribution in [0.3, 0.4) is 0 Å². The van der Waals surface area contributed by atoms with Crippen LogP contribution in [-0.2, 0) is 0 Å². The number of ether oxygens (including phenoxy) is 1. The highest BCUT2D eigenvalue weighted by atomic mass is 16.6. The molecular formula is C11H11NO4. The van der Waals surface area contributed by atoms with Crippen LogP contribution in [0.2, 0.25) is 0 Å². The van der Waals surface area contributed by atoms with E-state index in [-0.39, 0.29) is 12.3 Å². The van der Waals surface area contributed by atoms with E-state index < -0.39 is 10.5 Å². The number of nitro groups is 1. The molecule has 0 saturated carbocycles. The van der Waals surface area contributed by atoms with Crippen molar-refractivity contribution in [1.82, 2.24) is 0 Å². The van der Waals surface area contributed by atoms with Crippen LogP contribution in [-0.4, -0.2) is 22.2 Å². The van der Waals surface area contributed by atoms with E-state index in [9.17, 15) is 10.1 Å². The van der Waals surface area contributed by atoms with Crippen LogP contribution in [0.25, 0.3) is 6.08 Å². The van der Waals surface area contributed by atoms with Gasteiger partial charge < -0.3 is 9.84 Å². The summed E-state index contributed by atoms with van der Waals surface area (Å²) in [4.78, 5) is 10.1. The van der Waals surface area contributed by atoms with E-state index in [1.165, 1.54) is 12.1 Å². The van der Waals surface area contributed by atoms with Crippen LogP contribution in [0, 0.1) is 10.1 Å². The summed E-state index contributed by atoms with van der Waals surface area (Å²) in [7, 11) is 0. The maximum Gasteiger partial charge on any atom is 0.270 e. The van der Waals surface area contributed by atoms with E-state index in [2.05, 4.69) is 0 Å². The molecular weight excluding hydrogens is 210 g/mol. The number of aliphatic hydroxyl groups is 1. The fourth-order valence-corrected chi connectivity index (χ4v) is 1.51. The molecule has 0 radical (unpaired) electrons. The Hall–Kier alpha value is -1.88. The number of aliphatic hydroxyl groups excluding tert-OH is 1. The summed E-state index contributed by atoms with van der Waals surface area (Å²) in [6.07, 6.45) is 3.42. The fraction of sp³-hybridized carbons (Fsp3) is 0.273. The van der Waals surface area contributed by atoms with Crippen LogP contribution in [0.5, 0.6) is 5.75 Å². The standard InChI is InChI=1S/C11H11NO4/c1-11(7-13)5-4-8-6-9(12(14)15)2-3-10(8)16-11/h2-6,13H,7H2,1H3/t11-/m1/s1. The van der Waals surface area contributed by atoms with Gasteiger partial charge in [0.25, 0.3) is 5.69 Å². The molecule has 1 heterocycles. The number of nitrogens with zero attached hydrogens (tertiary/aromatic N) is 1. The Morgan fingerprint density at radius 1 is 1.56 bits per heavy atom. The van der Waals surface area contributed by atoms with Crippen LogP contribution >= 0.6 is 0 Å². The van der Waals surface area contributed by atoms with Crippen LogP contribution in [0.15, 0.2) is 24.3 Å². The molecule has 5 nitrogen and oxygen atoms in total. The van der Waals surface area contributed by atoms with Gasteiger partial charge in [-0.25, -0.2) is 0 Å². The molecule has 0 saturated heterocycles. The van der Waals surface area contributed by atoms with Gasteiger partial charge in [-0.1, -0.05) is 6.08 Å². The molecule has 0 bridgehead atoms. The third kappa shape index (κ3) is 1.77. The average Bonchev–Trinajstić information content (AvgIpc) is 2.28. The Morgan fingerprint density at radius 2 is 2.31 bits per heavy atom. The molecule has 1 N–H and O–H groups in total. The number of hydrogen-bond donors (Lipinski definition) is 1. The first kappa shape index (κ1) is 10.6. The largest absolute Gasteiger partial charge is 0.480 e. The van der Waals surface area contributed by atoms with Crippen molar-refractivity contribution >= 4 is 11.8 Å². The molecule has 84 valence electrons. The lowest BCUT2D eigenvalue weighted by atomic mass is 10.0. The molecule has 1 aliphatic heterocycles. The molecule has 1 atom stereocenters. The SMILES string of the molecule is C[C@]1(CO)C=Cc2cc([N+](=O)[O-])ccc2O1. The lowest BCUT2D eigenvalue weighted by molar-refractivity contribution is -0.384. The Labute approximate surface area is 92.1 Å². The highest BCUT2D eigenvalue weighted by molar-refractivity contribution is 5.64. The van der Waals surface area contributed by atoms with Crippen molar-refractivity contribution in [3.05, 3.63) is 40.0 Å². The normalized spacial score (nSPS) is 22.4. The minimum atomic E-state index is -0.747. The first-order valence-electron chi connectivity index (χ1n) is 4.82. The Kier molecular flexibility index (Phi) is 2.40. The van der Waals surface area contributed by atoms with Gasteiger partial charge in [0.15, 0.2) is 0 Å². The van der Waals surface area contributed by atoms with Gasteiger partial charge in [0.05, 0.1) is 11.5 Å². The Balaban J connectivity index is 2.40. The van der Waals surface area contributed by atoms with Gasteiger partial charge in [-0.3, -0.25) is 10.1 Å². The average molecular weight is 221 g/mol. The minimum Gasteiger partial charge on any atom is -0.480 e. The molecule has 5 heteroatoms. The first-order chi connectivity index (χ1) is 7.54. The van der Waals surface area contributed by atoms with E-state index >= 15 is 0 Å². The quantitative estimate of drug-likeness (QED) is 0.610. The third-order valence-electron chi connectivity index (χ3n) is 2.48. The number of fused-ring (bicyclic) bond motifs is 1. The molecule has 1 aromatic carbocycles. The van der Waals surface area contributed by atoms with Gasteiger partial charge in [-0.2, -0.15) is 0 Å². The van der Waals surface area contributed by atoms with Crippen molar-refractivity contribution in [2.24, 2.45) is 0 Å². The summed E-state index contributed by atoms with van der Waals surface area (Å²) < 4.78 is 5.54. The van der Waals surface area contributed by atoms with Crippen molar-refractivity contribution in [1.29, 1.82) is 0 Å². The lowest BCUT2D eigenvalue weighted by Crippen LogP contribution is -2.35. The van der Waals surface area contributed by atoms with Crippen molar-refractivity contribution in [3.8, 4) is 5.75 Å². The monoisotopic (exact) mass is 221 g/mol. The predicted molar refractivity (Wildman–Crippen MR) is 58.2 cm³/mol. The lowest BCUT2D eigenvalue weighted by Gasteiger charge is -2.29. The zero-order valence-corrected chi connectivity index (χ0v) is 8.71. The number of benzene rings is 1. The molecule has 2 rings (SSSR count). The van der Waals surface area contributed by atoms with Gasteiger partial charge in [-0.15, -0.1) is 0 Å². The van der Waals surface area contributed by atoms with Gasteiger partial charge in [-0.05, 0) is 19.1 Å². The summed E-state index contributed by atoms with van der Waals surface area (Å²) in [6.45, 7) is 1.60. The van der Waals surface area contributed by atoms with Crippen molar-refractivity contribution < 1.29 is 14.8 Å². The summed E-state index contributed by atoms with van der Waals surface area (Å²) >= 11 is 0. The van der Waals surface area contributed by atoms with E-state index in [1.807, 2.05) is 0 Å². The molecule has 16 heavy (non-hydrogen) atoms. The molecule has 0 aromatic heterocycles. The predicted octanol–water partition coefficient (Wildman–Crippen LogP) is 1.75. The van der Waals surface area contributed by atoms with E-state index in [0.717, 1.165) is 0 Å². The summed E-state index contributed by atoms with van der Waals surface area (Å²) in [6, 6.07) is 4.38. The van der Waals surface area contributed by atoms with Crippen molar-refractivity contribution in [2.45, 2.75) is 12.5 Å². The molecule has 0 unspecified atom stereocenters. The highest BCUT2D eigenvalue weighted by Gasteiger charge is 2.27. The summed E-state index contributed by atoms with van der Waals surface area (Å²) in [5, 5.41) is 19.7. The van der Waals surface area contributed by atoms with Crippen molar-refractivity contribution in [3.63, 3.8) is 0 Å². The summed E-state index contributed by atoms with van der Waals surface area (Å²) in [5.41, 5.74) is -0.0666. The molecule has 0 amide bonds. The number of nitro benzene ring substituents is 1. The topological polar surface area (TPSA) is 72.6 Å². The molecule has 1 aromatic rings. The summed E-state index contributed by atoms with van der Waals surface area (Å²) in [5.74, 6) is 0.546. The second kappa shape index (κ2) is 3.61. The molecule has 0 aliphatic carbocycles. The smallest absolute Gasteiger partial charge is 0.270 e. The zero-order valence-electron chi connectivity index (χ0n) is 8.71. The van der Waals surface area contributed by atoms with Gasteiger partial charge in [0.2, 0.25) is 0 Å². The van der Waals surface area contributed by atoms with E-state index in [1.54, 1.807) is 25.1 Å². The minimum absolute atomic E-state index is 0.0274. The van der Waals surface area contributed by atoms with E-state index in [0.29, 0.717) is 11.3 Å². The van der Waals surface area contributed by atoms with Gasteiger partial charge in [0, 0.05) is 17.7 Å². The van der Waals surface area contributed by atoms with Gasteiger partial charge >= 0.3 is 0 Å². The van der Waals surface area contributed by atoms with Crippen LogP contribution in [0.1, 0.15) is 12.5 Å². The van der Waals surface area contributed by atoms with Crippen molar-refractivity contribution in [2.75, 3.05) is 6.61 Å². The Bertz CT molecular complexity index is 469. The van der Waals surface area contributed by atoms with E-state index in [4.69, 9.17) is 9.84 Å². The van der Waals surface area contributed by atoms with Crippen LogP contribution in [0.4, 0.5) is 5.69 Å². The van der Waals surface area contributed by atoms with Gasteiger partial charge in [0.1, 0.15) is 11.4 Å². The van der Waals surface area contributed by atoms with Crippen LogP contribution < -0.4 is 4.74 Å². The number of hydrogen-bond acceptors (Lipinski definition) is 4.